The van der Waals surface area contributed by atoms with E-state index in [0.29, 0.717) is 30.3 Å². The minimum atomic E-state index is -3.43. The van der Waals surface area contributed by atoms with Gasteiger partial charge in [0.25, 0.3) is 0 Å². The fourth-order valence-electron chi connectivity index (χ4n) is 2.05. The molecule has 0 amide bonds. The fourth-order valence-corrected chi connectivity index (χ4v) is 3.51. The van der Waals surface area contributed by atoms with E-state index in [9.17, 15) is 8.42 Å². The Morgan fingerprint density at radius 3 is 2.63 bits per heavy atom. The van der Waals surface area contributed by atoms with Crippen molar-refractivity contribution in [1.82, 2.24) is 4.31 Å². The van der Waals surface area contributed by atoms with Crippen molar-refractivity contribution in [3.05, 3.63) is 24.3 Å². The number of morpholine rings is 1. The highest BCUT2D eigenvalue weighted by Gasteiger charge is 2.29. The standard InChI is InChI=1S/C13H19NO4S/c1-3-11-10-14(8-9-18-11)19(15,16)13-6-4-12(17-2)5-7-13/h4-7,11H,3,8-10H2,1-2H3. The smallest absolute Gasteiger partial charge is 0.243 e. The van der Waals surface area contributed by atoms with Crippen LogP contribution in [-0.4, -0.2) is 45.6 Å². The third-order valence-corrected chi connectivity index (χ3v) is 5.13. The molecule has 1 unspecified atom stereocenters. The highest BCUT2D eigenvalue weighted by molar-refractivity contribution is 7.89. The number of hydrogen-bond donors (Lipinski definition) is 0. The van der Waals surface area contributed by atoms with Crippen LogP contribution in [0, 0.1) is 0 Å². The molecule has 6 heteroatoms. The zero-order chi connectivity index (χ0) is 13.9. The molecule has 106 valence electrons. The molecule has 0 radical (unpaired) electrons. The lowest BCUT2D eigenvalue weighted by Crippen LogP contribution is -2.45. The van der Waals surface area contributed by atoms with Crippen LogP contribution in [0.4, 0.5) is 0 Å². The third kappa shape index (κ3) is 3.08. The van der Waals surface area contributed by atoms with Gasteiger partial charge in [-0.2, -0.15) is 4.31 Å². The molecule has 19 heavy (non-hydrogen) atoms. The minimum absolute atomic E-state index is 0.0122. The van der Waals surface area contributed by atoms with Gasteiger partial charge in [0.15, 0.2) is 0 Å². The van der Waals surface area contributed by atoms with Gasteiger partial charge in [-0.15, -0.1) is 0 Å². The van der Waals surface area contributed by atoms with E-state index in [-0.39, 0.29) is 6.10 Å². The molecule has 1 aromatic rings. The van der Waals surface area contributed by atoms with Crippen LogP contribution in [0.25, 0.3) is 0 Å². The summed E-state index contributed by atoms with van der Waals surface area (Å²) in [4.78, 5) is 0.296. The summed E-state index contributed by atoms with van der Waals surface area (Å²) < 4.78 is 37.0. The lowest BCUT2D eigenvalue weighted by molar-refractivity contribution is -0.00277. The maximum absolute atomic E-state index is 12.5. The topological polar surface area (TPSA) is 55.8 Å². The van der Waals surface area contributed by atoms with E-state index in [0.717, 1.165) is 6.42 Å². The fraction of sp³-hybridized carbons (Fsp3) is 0.538. The number of benzene rings is 1. The number of methoxy groups -OCH3 is 1. The van der Waals surface area contributed by atoms with E-state index in [2.05, 4.69) is 0 Å². The van der Waals surface area contributed by atoms with Gasteiger partial charge < -0.3 is 9.47 Å². The van der Waals surface area contributed by atoms with E-state index in [4.69, 9.17) is 9.47 Å². The second-order valence-corrected chi connectivity index (χ2v) is 6.38. The molecule has 5 nitrogen and oxygen atoms in total. The molecule has 1 fully saturated rings. The molecule has 0 spiro atoms. The molecule has 1 atom stereocenters. The third-order valence-electron chi connectivity index (χ3n) is 3.25. The summed E-state index contributed by atoms with van der Waals surface area (Å²) in [5, 5.41) is 0. The maximum Gasteiger partial charge on any atom is 0.243 e. The summed E-state index contributed by atoms with van der Waals surface area (Å²) >= 11 is 0. The quantitative estimate of drug-likeness (QED) is 0.841. The summed E-state index contributed by atoms with van der Waals surface area (Å²) in [7, 11) is -1.88. The summed E-state index contributed by atoms with van der Waals surface area (Å²) in [5.41, 5.74) is 0. The monoisotopic (exact) mass is 285 g/mol. The Morgan fingerprint density at radius 2 is 2.05 bits per heavy atom. The Kier molecular flexibility index (Phi) is 4.44. The number of ether oxygens (including phenoxy) is 2. The SMILES string of the molecule is CCC1CN(S(=O)(=O)c2ccc(OC)cc2)CCO1. The molecule has 1 heterocycles. The summed E-state index contributed by atoms with van der Waals surface area (Å²) in [6, 6.07) is 6.46. The predicted octanol–water partition coefficient (Wildman–Crippen LogP) is 1.49. The molecular weight excluding hydrogens is 266 g/mol. The van der Waals surface area contributed by atoms with Gasteiger partial charge in [0.05, 0.1) is 24.7 Å². The predicted molar refractivity (Wildman–Crippen MR) is 71.8 cm³/mol. The lowest BCUT2D eigenvalue weighted by atomic mass is 10.2. The van der Waals surface area contributed by atoms with Crippen molar-refractivity contribution < 1.29 is 17.9 Å². The van der Waals surface area contributed by atoms with Gasteiger partial charge in [0, 0.05) is 13.1 Å². The average Bonchev–Trinajstić information content (AvgIpc) is 2.47. The molecule has 0 saturated carbocycles. The van der Waals surface area contributed by atoms with Crippen LogP contribution < -0.4 is 4.74 Å². The van der Waals surface area contributed by atoms with Crippen LogP contribution in [0.15, 0.2) is 29.2 Å². The minimum Gasteiger partial charge on any atom is -0.497 e. The van der Waals surface area contributed by atoms with Crippen LogP contribution >= 0.6 is 0 Å². The lowest BCUT2D eigenvalue weighted by Gasteiger charge is -2.31. The van der Waals surface area contributed by atoms with E-state index < -0.39 is 10.0 Å². The molecule has 1 aliphatic rings. The Labute approximate surface area is 114 Å². The molecule has 1 aromatic carbocycles. The summed E-state index contributed by atoms with van der Waals surface area (Å²) in [6.07, 6.45) is 0.802. The first kappa shape index (κ1) is 14.3. The second kappa shape index (κ2) is 5.90. The second-order valence-electron chi connectivity index (χ2n) is 4.44. The number of hydrogen-bond acceptors (Lipinski definition) is 4. The van der Waals surface area contributed by atoms with Crippen LogP contribution in [0.2, 0.25) is 0 Å². The molecule has 0 aliphatic carbocycles. The number of rotatable bonds is 4. The van der Waals surface area contributed by atoms with Crippen molar-refractivity contribution >= 4 is 10.0 Å². The number of sulfonamides is 1. The molecule has 1 saturated heterocycles. The Hall–Kier alpha value is -1.11. The maximum atomic E-state index is 12.5. The highest BCUT2D eigenvalue weighted by atomic mass is 32.2. The molecule has 0 aromatic heterocycles. The molecular formula is C13H19NO4S. The summed E-state index contributed by atoms with van der Waals surface area (Å²) in [5.74, 6) is 0.646. The normalized spacial score (nSPS) is 21.3. The van der Waals surface area contributed by atoms with Gasteiger partial charge in [-0.3, -0.25) is 0 Å². The van der Waals surface area contributed by atoms with Gasteiger partial charge in [-0.1, -0.05) is 6.92 Å². The van der Waals surface area contributed by atoms with Crippen LogP contribution in [0.1, 0.15) is 13.3 Å². The Bertz CT molecular complexity index is 512. The Morgan fingerprint density at radius 1 is 1.37 bits per heavy atom. The Balaban J connectivity index is 2.20. The largest absolute Gasteiger partial charge is 0.497 e. The van der Waals surface area contributed by atoms with Gasteiger partial charge in [0.2, 0.25) is 10.0 Å². The van der Waals surface area contributed by atoms with Crippen molar-refractivity contribution in [1.29, 1.82) is 0 Å². The van der Waals surface area contributed by atoms with Crippen molar-refractivity contribution in [3.63, 3.8) is 0 Å². The van der Waals surface area contributed by atoms with Gasteiger partial charge in [-0.05, 0) is 30.7 Å². The van der Waals surface area contributed by atoms with Crippen LogP contribution in [0.3, 0.4) is 0 Å². The highest BCUT2D eigenvalue weighted by Crippen LogP contribution is 2.21. The van der Waals surface area contributed by atoms with Crippen molar-refractivity contribution in [2.75, 3.05) is 26.8 Å². The van der Waals surface area contributed by atoms with Crippen molar-refractivity contribution in [2.24, 2.45) is 0 Å². The average molecular weight is 285 g/mol. The van der Waals surface area contributed by atoms with E-state index in [1.165, 1.54) is 4.31 Å². The summed E-state index contributed by atoms with van der Waals surface area (Å²) in [6.45, 7) is 3.28. The molecule has 1 aliphatic heterocycles. The van der Waals surface area contributed by atoms with Crippen molar-refractivity contribution in [3.8, 4) is 5.75 Å². The van der Waals surface area contributed by atoms with E-state index in [1.54, 1.807) is 31.4 Å². The zero-order valence-corrected chi connectivity index (χ0v) is 12.0. The molecule has 2 rings (SSSR count). The first-order valence-corrected chi connectivity index (χ1v) is 7.77. The van der Waals surface area contributed by atoms with E-state index in [1.807, 2.05) is 6.92 Å². The number of nitrogens with zero attached hydrogens (tertiary/aromatic N) is 1. The van der Waals surface area contributed by atoms with Crippen molar-refractivity contribution in [2.45, 2.75) is 24.3 Å². The van der Waals surface area contributed by atoms with Gasteiger partial charge in [-0.25, -0.2) is 8.42 Å². The van der Waals surface area contributed by atoms with Gasteiger partial charge in [0.1, 0.15) is 5.75 Å². The van der Waals surface area contributed by atoms with Gasteiger partial charge >= 0.3 is 0 Å². The van der Waals surface area contributed by atoms with Crippen LogP contribution in [0.5, 0.6) is 5.75 Å². The molecule has 0 bridgehead atoms. The van der Waals surface area contributed by atoms with E-state index >= 15 is 0 Å². The zero-order valence-electron chi connectivity index (χ0n) is 11.2. The first-order chi connectivity index (χ1) is 9.07. The van der Waals surface area contributed by atoms with Crippen LogP contribution in [-0.2, 0) is 14.8 Å². The molecule has 0 N–H and O–H groups in total. The first-order valence-electron chi connectivity index (χ1n) is 6.33.